The average molecular weight is 213 g/mol. The van der Waals surface area contributed by atoms with E-state index in [1.54, 1.807) is 20.8 Å². The van der Waals surface area contributed by atoms with Crippen LogP contribution in [0.5, 0.6) is 0 Å². The molecule has 1 heterocycles. The van der Waals surface area contributed by atoms with Crippen molar-refractivity contribution in [3.8, 4) is 0 Å². The third-order valence-corrected chi connectivity index (χ3v) is 2.07. The normalized spacial score (nSPS) is 22.1. The van der Waals surface area contributed by atoms with Crippen molar-refractivity contribution in [2.24, 2.45) is 5.92 Å². The van der Waals surface area contributed by atoms with Crippen LogP contribution in [0.1, 0.15) is 27.2 Å². The summed E-state index contributed by atoms with van der Waals surface area (Å²) in [6.07, 6.45) is -0.0791. The summed E-state index contributed by atoms with van der Waals surface area (Å²) in [7, 11) is 1.37. The summed E-state index contributed by atoms with van der Waals surface area (Å²) in [5.41, 5.74) is -0.637. The predicted octanol–water partition coefficient (Wildman–Crippen LogP) is 0.333. The Morgan fingerprint density at radius 1 is 1.40 bits per heavy atom. The first-order valence-electron chi connectivity index (χ1n) is 4.75. The van der Waals surface area contributed by atoms with Crippen LogP contribution in [0, 0.1) is 5.92 Å². The van der Waals surface area contributed by atoms with Crippen LogP contribution in [0.2, 0.25) is 0 Å². The fraction of sp³-hybridized carbons (Fsp3) is 0.700. The molecule has 84 valence electrons. The number of ether oxygens (including phenoxy) is 1. The molecule has 2 amide bonds. The third kappa shape index (κ3) is 2.55. The third-order valence-electron chi connectivity index (χ3n) is 2.07. The molecule has 0 N–H and O–H groups in total. The molecule has 0 bridgehead atoms. The Kier molecular flexibility index (Phi) is 2.83. The van der Waals surface area contributed by atoms with Gasteiger partial charge in [0.05, 0.1) is 0 Å². The van der Waals surface area contributed by atoms with Crippen molar-refractivity contribution in [2.75, 3.05) is 7.05 Å². The highest BCUT2D eigenvalue weighted by Gasteiger charge is 2.42. The molecule has 1 fully saturated rings. The smallest absolute Gasteiger partial charge is 0.319 e. The van der Waals surface area contributed by atoms with Gasteiger partial charge in [0.1, 0.15) is 11.5 Å². The molecule has 0 aromatic heterocycles. The van der Waals surface area contributed by atoms with Crippen molar-refractivity contribution in [1.82, 2.24) is 4.90 Å². The number of imide groups is 1. The van der Waals surface area contributed by atoms with Crippen molar-refractivity contribution >= 4 is 17.8 Å². The molecule has 1 aliphatic heterocycles. The van der Waals surface area contributed by atoms with Crippen molar-refractivity contribution in [2.45, 2.75) is 32.8 Å². The van der Waals surface area contributed by atoms with Crippen LogP contribution in [0.3, 0.4) is 0 Å². The van der Waals surface area contributed by atoms with Crippen LogP contribution >= 0.6 is 0 Å². The number of hydrogen-bond acceptors (Lipinski definition) is 4. The first kappa shape index (κ1) is 11.7. The molecule has 15 heavy (non-hydrogen) atoms. The van der Waals surface area contributed by atoms with Gasteiger partial charge in [-0.3, -0.25) is 19.3 Å². The van der Waals surface area contributed by atoms with Gasteiger partial charge in [-0.05, 0) is 20.8 Å². The fourth-order valence-electron chi connectivity index (χ4n) is 1.31. The minimum Gasteiger partial charge on any atom is -0.459 e. The number of likely N-dealkylation sites (tertiary alicyclic amines) is 1. The number of rotatable bonds is 1. The van der Waals surface area contributed by atoms with Crippen LogP contribution in [0.4, 0.5) is 0 Å². The van der Waals surface area contributed by atoms with Gasteiger partial charge in [-0.2, -0.15) is 0 Å². The van der Waals surface area contributed by atoms with Gasteiger partial charge in [0.25, 0.3) is 0 Å². The van der Waals surface area contributed by atoms with Gasteiger partial charge in [0.15, 0.2) is 0 Å². The Hall–Kier alpha value is -1.39. The Morgan fingerprint density at radius 3 is 2.27 bits per heavy atom. The first-order valence-corrected chi connectivity index (χ1v) is 4.75. The van der Waals surface area contributed by atoms with Crippen LogP contribution in [0.15, 0.2) is 0 Å². The van der Waals surface area contributed by atoms with Gasteiger partial charge in [-0.15, -0.1) is 0 Å². The van der Waals surface area contributed by atoms with E-state index in [-0.39, 0.29) is 12.3 Å². The van der Waals surface area contributed by atoms with Crippen LogP contribution in [0.25, 0.3) is 0 Å². The maximum atomic E-state index is 11.5. The lowest BCUT2D eigenvalue weighted by Gasteiger charge is -2.21. The SMILES string of the molecule is CN1C(=O)C[C@@H](C(=O)OC(C)(C)C)C1=O. The zero-order valence-corrected chi connectivity index (χ0v) is 9.36. The maximum absolute atomic E-state index is 11.5. The van der Waals surface area contributed by atoms with Gasteiger partial charge in [-0.25, -0.2) is 0 Å². The first-order chi connectivity index (χ1) is 6.72. The number of carbonyl (C=O) groups is 3. The monoisotopic (exact) mass is 213 g/mol. The Bertz CT molecular complexity index is 316. The summed E-state index contributed by atoms with van der Waals surface area (Å²) < 4.78 is 5.05. The van der Waals surface area contributed by atoms with Crippen LogP contribution in [-0.2, 0) is 19.1 Å². The van der Waals surface area contributed by atoms with Crippen LogP contribution < -0.4 is 0 Å². The van der Waals surface area contributed by atoms with E-state index in [9.17, 15) is 14.4 Å². The van der Waals surface area contributed by atoms with Gasteiger partial charge in [-0.1, -0.05) is 0 Å². The predicted molar refractivity (Wildman–Crippen MR) is 51.7 cm³/mol. The lowest BCUT2D eigenvalue weighted by molar-refractivity contribution is -0.162. The van der Waals surface area contributed by atoms with E-state index in [4.69, 9.17) is 4.74 Å². The number of amides is 2. The summed E-state index contributed by atoms with van der Waals surface area (Å²) in [4.78, 5) is 35.1. The molecule has 1 atom stereocenters. The summed E-state index contributed by atoms with van der Waals surface area (Å²) in [6.45, 7) is 5.15. The largest absolute Gasteiger partial charge is 0.459 e. The van der Waals surface area contributed by atoms with Crippen molar-refractivity contribution in [1.29, 1.82) is 0 Å². The van der Waals surface area contributed by atoms with Crippen molar-refractivity contribution < 1.29 is 19.1 Å². The fourth-order valence-corrected chi connectivity index (χ4v) is 1.31. The molecule has 5 nitrogen and oxygen atoms in total. The van der Waals surface area contributed by atoms with E-state index in [0.717, 1.165) is 4.90 Å². The molecule has 1 aliphatic rings. The van der Waals surface area contributed by atoms with Gasteiger partial charge >= 0.3 is 5.97 Å². The maximum Gasteiger partial charge on any atom is 0.319 e. The zero-order chi connectivity index (χ0) is 11.8. The minimum absolute atomic E-state index is 0.0791. The molecule has 0 saturated carbocycles. The van der Waals surface area contributed by atoms with Gasteiger partial charge < -0.3 is 4.74 Å². The lowest BCUT2D eigenvalue weighted by atomic mass is 10.1. The summed E-state index contributed by atoms with van der Waals surface area (Å²) in [5, 5.41) is 0. The van der Waals surface area contributed by atoms with E-state index in [2.05, 4.69) is 0 Å². The second-order valence-electron chi connectivity index (χ2n) is 4.58. The molecule has 0 unspecified atom stereocenters. The van der Waals surface area contributed by atoms with Gasteiger partial charge in [0, 0.05) is 13.5 Å². The molecule has 0 spiro atoms. The highest BCUT2D eigenvalue weighted by Crippen LogP contribution is 2.21. The zero-order valence-electron chi connectivity index (χ0n) is 9.36. The molecular formula is C10H15NO4. The Labute approximate surface area is 88.4 Å². The lowest BCUT2D eigenvalue weighted by Crippen LogP contribution is -2.33. The van der Waals surface area contributed by atoms with E-state index >= 15 is 0 Å². The number of esters is 1. The summed E-state index contributed by atoms with van der Waals surface area (Å²) in [6, 6.07) is 0. The highest BCUT2D eigenvalue weighted by atomic mass is 16.6. The van der Waals surface area contributed by atoms with Crippen molar-refractivity contribution in [3.05, 3.63) is 0 Å². The number of nitrogens with zero attached hydrogens (tertiary/aromatic N) is 1. The van der Waals surface area contributed by atoms with Crippen molar-refractivity contribution in [3.63, 3.8) is 0 Å². The summed E-state index contributed by atoms with van der Waals surface area (Å²) in [5.74, 6) is -2.39. The van der Waals surface area contributed by atoms with E-state index in [1.807, 2.05) is 0 Å². The standard InChI is InChI=1S/C10H15NO4/c1-10(2,3)15-9(14)6-5-7(12)11(4)8(6)13/h6H,5H2,1-4H3/t6-/m1/s1. The topological polar surface area (TPSA) is 63.7 Å². The minimum atomic E-state index is -0.957. The molecule has 5 heteroatoms. The van der Waals surface area contributed by atoms with E-state index in [1.165, 1.54) is 7.05 Å². The van der Waals surface area contributed by atoms with Crippen LogP contribution in [-0.4, -0.2) is 35.3 Å². The van der Waals surface area contributed by atoms with E-state index in [0.29, 0.717) is 0 Å². The quantitative estimate of drug-likeness (QED) is 0.358. The van der Waals surface area contributed by atoms with Gasteiger partial charge in [0.2, 0.25) is 11.8 Å². The second kappa shape index (κ2) is 3.64. The molecule has 0 aromatic rings. The molecule has 1 rings (SSSR count). The average Bonchev–Trinajstić information content (AvgIpc) is 2.30. The van der Waals surface area contributed by atoms with E-state index < -0.39 is 23.4 Å². The highest BCUT2D eigenvalue weighted by molar-refractivity contribution is 6.12. The molecule has 0 aromatic carbocycles. The molecule has 0 aliphatic carbocycles. The Morgan fingerprint density at radius 2 is 1.93 bits per heavy atom. The Balaban J connectivity index is 2.71. The number of hydrogen-bond donors (Lipinski definition) is 0. The second-order valence-corrected chi connectivity index (χ2v) is 4.58. The summed E-state index contributed by atoms with van der Waals surface area (Å²) >= 11 is 0. The molecule has 0 radical (unpaired) electrons. The molecular weight excluding hydrogens is 198 g/mol. The number of carbonyl (C=O) groups excluding carboxylic acids is 3. The molecule has 1 saturated heterocycles.